The summed E-state index contributed by atoms with van der Waals surface area (Å²) in [7, 11) is 0. The molecule has 1 aromatic carbocycles. The highest BCUT2D eigenvalue weighted by molar-refractivity contribution is 5.74. The lowest BCUT2D eigenvalue weighted by Crippen LogP contribution is -2.53. The lowest BCUT2D eigenvalue weighted by molar-refractivity contribution is -0.0903. The molecule has 0 bridgehead atoms. The number of nitrogens with one attached hydrogen (secondary N) is 2. The summed E-state index contributed by atoms with van der Waals surface area (Å²) in [5, 5.41) is 6.78. The predicted octanol–water partition coefficient (Wildman–Crippen LogP) is 4.84. The van der Waals surface area contributed by atoms with Gasteiger partial charge in [0, 0.05) is 44.1 Å². The van der Waals surface area contributed by atoms with E-state index in [1.165, 1.54) is 6.08 Å². The van der Waals surface area contributed by atoms with Crippen LogP contribution < -0.4 is 10.6 Å². The molecular formula is C25H30F3N5. The van der Waals surface area contributed by atoms with Crippen molar-refractivity contribution in [1.82, 2.24) is 25.5 Å². The van der Waals surface area contributed by atoms with Crippen molar-refractivity contribution in [1.29, 1.82) is 0 Å². The first-order chi connectivity index (χ1) is 15.7. The molecule has 2 aliphatic rings. The maximum absolute atomic E-state index is 14.3. The molecule has 0 unspecified atom stereocenters. The van der Waals surface area contributed by atoms with Crippen molar-refractivity contribution in [3.05, 3.63) is 70.8 Å². The highest BCUT2D eigenvalue weighted by Crippen LogP contribution is 2.41. The third-order valence-corrected chi connectivity index (χ3v) is 6.10. The van der Waals surface area contributed by atoms with E-state index < -0.39 is 11.7 Å². The molecule has 2 heterocycles. The molecule has 0 atom stereocenters. The highest BCUT2D eigenvalue weighted by atomic mass is 19.4. The smallest absolute Gasteiger partial charge is 0.380 e. The van der Waals surface area contributed by atoms with E-state index in [-0.39, 0.29) is 11.2 Å². The van der Waals surface area contributed by atoms with Gasteiger partial charge in [0.1, 0.15) is 0 Å². The van der Waals surface area contributed by atoms with Crippen LogP contribution in [-0.4, -0.2) is 46.2 Å². The molecule has 1 aliphatic heterocycles. The van der Waals surface area contributed by atoms with Gasteiger partial charge in [-0.2, -0.15) is 13.2 Å². The largest absolute Gasteiger partial charge is 0.418 e. The number of allylic oxidation sites excluding steroid dienone is 4. The molecule has 1 spiro atoms. The summed E-state index contributed by atoms with van der Waals surface area (Å²) in [4.78, 5) is 10.5. The first-order valence-corrected chi connectivity index (χ1v) is 11.3. The predicted molar refractivity (Wildman–Crippen MR) is 124 cm³/mol. The number of alkyl halides is 3. The fourth-order valence-electron chi connectivity index (χ4n) is 4.33. The van der Waals surface area contributed by atoms with Crippen LogP contribution in [0.4, 0.5) is 13.2 Å². The Morgan fingerprint density at radius 1 is 1.18 bits per heavy atom. The Morgan fingerprint density at radius 2 is 1.91 bits per heavy atom. The number of rotatable bonds is 6. The van der Waals surface area contributed by atoms with Crippen LogP contribution in [0, 0.1) is 0 Å². The Bertz CT molecular complexity index is 1110. The second kappa shape index (κ2) is 9.17. The molecule has 4 rings (SSSR count). The summed E-state index contributed by atoms with van der Waals surface area (Å²) in [6.45, 7) is 7.32. The Kier molecular flexibility index (Phi) is 6.47. The fourth-order valence-corrected chi connectivity index (χ4v) is 4.33. The van der Waals surface area contributed by atoms with E-state index in [4.69, 9.17) is 0 Å². The van der Waals surface area contributed by atoms with Crippen molar-refractivity contribution in [2.24, 2.45) is 0 Å². The molecule has 0 radical (unpaired) electrons. The van der Waals surface area contributed by atoms with E-state index in [1.54, 1.807) is 39.2 Å². The van der Waals surface area contributed by atoms with Crippen LogP contribution in [0.1, 0.15) is 39.2 Å². The van der Waals surface area contributed by atoms with Crippen LogP contribution in [-0.2, 0) is 6.54 Å². The molecule has 2 fully saturated rings. The average Bonchev–Trinajstić information content (AvgIpc) is 3.52. The summed E-state index contributed by atoms with van der Waals surface area (Å²) < 4.78 is 42.9. The van der Waals surface area contributed by atoms with Gasteiger partial charge in [-0.25, -0.2) is 0 Å². The summed E-state index contributed by atoms with van der Waals surface area (Å²) in [6, 6.07) is 5.71. The van der Waals surface area contributed by atoms with Crippen LogP contribution in [0.2, 0.25) is 0 Å². The fraction of sp³-hybridized carbons (Fsp3) is 0.440. The quantitative estimate of drug-likeness (QED) is 0.608. The topological polar surface area (TPSA) is 53.1 Å². The highest BCUT2D eigenvalue weighted by Gasteiger charge is 2.47. The van der Waals surface area contributed by atoms with Crippen molar-refractivity contribution in [2.75, 3.05) is 19.6 Å². The van der Waals surface area contributed by atoms with E-state index in [0.29, 0.717) is 37.4 Å². The van der Waals surface area contributed by atoms with Gasteiger partial charge >= 0.3 is 6.18 Å². The average molecular weight is 458 g/mol. The van der Waals surface area contributed by atoms with Crippen molar-refractivity contribution in [3.8, 4) is 0 Å². The third-order valence-electron chi connectivity index (χ3n) is 6.10. The monoisotopic (exact) mass is 457 g/mol. The maximum atomic E-state index is 14.3. The zero-order chi connectivity index (χ0) is 23.6. The minimum atomic E-state index is -4.47. The molecule has 1 saturated carbocycles. The summed E-state index contributed by atoms with van der Waals surface area (Å²) >= 11 is 0. The molecule has 176 valence electrons. The van der Waals surface area contributed by atoms with Gasteiger partial charge in [0.2, 0.25) is 0 Å². The maximum Gasteiger partial charge on any atom is 0.418 e. The van der Waals surface area contributed by atoms with E-state index in [0.717, 1.165) is 29.4 Å². The normalized spacial score (nSPS) is 18.8. The van der Waals surface area contributed by atoms with E-state index in [1.807, 2.05) is 23.1 Å². The molecule has 8 heteroatoms. The van der Waals surface area contributed by atoms with Crippen molar-refractivity contribution in [2.45, 2.75) is 51.9 Å². The van der Waals surface area contributed by atoms with Crippen molar-refractivity contribution < 1.29 is 13.2 Å². The Hall–Kier alpha value is -2.87. The van der Waals surface area contributed by atoms with Crippen molar-refractivity contribution >= 4 is 11.0 Å². The molecule has 1 aromatic heterocycles. The van der Waals surface area contributed by atoms with Gasteiger partial charge in [0.05, 0.1) is 28.0 Å². The third kappa shape index (κ3) is 5.38. The number of hydrogen-bond acceptors (Lipinski definition) is 5. The van der Waals surface area contributed by atoms with Crippen LogP contribution >= 0.6 is 0 Å². The minimum absolute atomic E-state index is 0.0545. The Morgan fingerprint density at radius 3 is 2.55 bits per heavy atom. The number of benzene rings is 1. The van der Waals surface area contributed by atoms with Gasteiger partial charge in [0.15, 0.2) is 0 Å². The number of piperazine rings is 1. The summed E-state index contributed by atoms with van der Waals surface area (Å²) in [6.07, 6.45) is 3.79. The van der Waals surface area contributed by atoms with E-state index >= 15 is 0 Å². The number of nitrogens with zero attached hydrogens (tertiary/aromatic N) is 3. The lowest BCUT2D eigenvalue weighted by Gasteiger charge is -2.39. The van der Waals surface area contributed by atoms with Crippen molar-refractivity contribution in [3.63, 3.8) is 0 Å². The standard InChI is InChI=1S/C25H30F3N5/c1-4-20(31-15-18-5-6-21-22(14-18)30-10-9-29-21)23(19(13-17(2)3)25(26,27)28)33-12-11-32-24(16-33)7-8-24/h4-6,9-10,13-14,31-32H,7-8,11-12,15-16H2,1-3H3/b20-4+,23-19-. The van der Waals surface area contributed by atoms with E-state index in [2.05, 4.69) is 20.6 Å². The Labute approximate surface area is 192 Å². The van der Waals surface area contributed by atoms with Gasteiger partial charge < -0.3 is 15.5 Å². The zero-order valence-corrected chi connectivity index (χ0v) is 19.3. The van der Waals surface area contributed by atoms with Gasteiger partial charge in [0.25, 0.3) is 0 Å². The SMILES string of the molecule is C/C=C(NCc1ccc2nccnc2c1)\C(=C(/C=C(C)C)C(F)(F)F)N1CCNC2(CC2)C1. The lowest BCUT2D eigenvalue weighted by atomic mass is 10.0. The summed E-state index contributed by atoms with van der Waals surface area (Å²) in [5.74, 6) is 0. The van der Waals surface area contributed by atoms with Crippen LogP contribution in [0.5, 0.6) is 0 Å². The molecule has 1 aliphatic carbocycles. The van der Waals surface area contributed by atoms with Gasteiger partial charge in [-0.15, -0.1) is 0 Å². The first kappa shape index (κ1) is 23.3. The second-order valence-corrected chi connectivity index (χ2v) is 9.05. The van der Waals surface area contributed by atoms with E-state index in [9.17, 15) is 13.2 Å². The second-order valence-electron chi connectivity index (χ2n) is 9.05. The molecule has 2 aromatic rings. The molecule has 1 saturated heterocycles. The number of halogens is 3. The molecule has 2 N–H and O–H groups in total. The van der Waals surface area contributed by atoms with Gasteiger partial charge in [-0.05, 0) is 57.4 Å². The van der Waals surface area contributed by atoms with Gasteiger partial charge in [-0.1, -0.05) is 17.7 Å². The zero-order valence-electron chi connectivity index (χ0n) is 19.3. The first-order valence-electron chi connectivity index (χ1n) is 11.3. The molecular weight excluding hydrogens is 427 g/mol. The molecule has 0 amide bonds. The Balaban J connectivity index is 1.69. The summed E-state index contributed by atoms with van der Waals surface area (Å²) in [5.41, 5.74) is 3.12. The molecule has 5 nitrogen and oxygen atoms in total. The van der Waals surface area contributed by atoms with Crippen LogP contribution in [0.3, 0.4) is 0 Å². The van der Waals surface area contributed by atoms with Gasteiger partial charge in [-0.3, -0.25) is 9.97 Å². The minimum Gasteiger partial charge on any atom is -0.380 e. The van der Waals surface area contributed by atoms with Crippen LogP contribution in [0.25, 0.3) is 11.0 Å². The number of aromatic nitrogens is 2. The van der Waals surface area contributed by atoms with Crippen LogP contribution in [0.15, 0.2) is 65.3 Å². The molecule has 33 heavy (non-hydrogen) atoms. The number of hydrogen-bond donors (Lipinski definition) is 2. The number of fused-ring (bicyclic) bond motifs is 1.